The van der Waals surface area contributed by atoms with Crippen LogP contribution in [0.3, 0.4) is 0 Å². The normalized spacial score (nSPS) is 11.8. The Labute approximate surface area is 128 Å². The lowest BCUT2D eigenvalue weighted by atomic mass is 9.87. The lowest BCUT2D eigenvalue weighted by molar-refractivity contribution is 0.589. The van der Waals surface area contributed by atoms with Gasteiger partial charge in [0.25, 0.3) is 0 Å². The molecule has 1 nitrogen and oxygen atoms in total. The molecule has 1 heterocycles. The molecule has 3 heteroatoms. The molecule has 0 spiro atoms. The largest absolute Gasteiger partial charge is 0.308 e. The van der Waals surface area contributed by atoms with E-state index in [0.29, 0.717) is 0 Å². The third-order valence-corrected chi connectivity index (χ3v) is 5.05. The maximum atomic E-state index is 3.55. The highest BCUT2D eigenvalue weighted by molar-refractivity contribution is 9.10. The number of benzene rings is 1. The molecule has 1 aromatic heterocycles. The van der Waals surface area contributed by atoms with Gasteiger partial charge >= 0.3 is 0 Å². The zero-order valence-electron chi connectivity index (χ0n) is 11.7. The third-order valence-electron chi connectivity index (χ3n) is 3.13. The molecule has 0 aliphatic carbocycles. The van der Waals surface area contributed by atoms with E-state index in [1.54, 1.807) is 11.3 Å². The van der Waals surface area contributed by atoms with Crippen molar-refractivity contribution in [3.63, 3.8) is 0 Å². The Morgan fingerprint density at radius 2 is 1.74 bits per heavy atom. The summed E-state index contributed by atoms with van der Waals surface area (Å²) in [4.78, 5) is 1.35. The van der Waals surface area contributed by atoms with Crippen molar-refractivity contribution in [1.29, 1.82) is 0 Å². The summed E-state index contributed by atoms with van der Waals surface area (Å²) in [6.45, 7) is 8.56. The number of hydrogen-bond donors (Lipinski definition) is 1. The molecule has 0 fully saturated rings. The minimum absolute atomic E-state index is 0.230. The molecular weight excluding hydrogens is 318 g/mol. The Balaban J connectivity index is 1.89. The van der Waals surface area contributed by atoms with Gasteiger partial charge in [-0.05, 0) is 43.9 Å². The molecule has 2 rings (SSSR count). The first-order valence-electron chi connectivity index (χ1n) is 6.49. The number of hydrogen-bond acceptors (Lipinski definition) is 2. The van der Waals surface area contributed by atoms with Gasteiger partial charge in [0, 0.05) is 22.4 Å². The molecule has 0 bridgehead atoms. The number of rotatable bonds is 4. The predicted molar refractivity (Wildman–Crippen MR) is 87.7 cm³/mol. The van der Waals surface area contributed by atoms with Gasteiger partial charge in [-0.2, -0.15) is 0 Å². The minimum Gasteiger partial charge on any atom is -0.308 e. The van der Waals surface area contributed by atoms with Crippen LogP contribution in [-0.2, 0) is 18.5 Å². The summed E-state index contributed by atoms with van der Waals surface area (Å²) < 4.78 is 1.20. The average molecular weight is 338 g/mol. The van der Waals surface area contributed by atoms with Crippen molar-refractivity contribution in [2.75, 3.05) is 0 Å². The van der Waals surface area contributed by atoms with E-state index in [-0.39, 0.29) is 5.41 Å². The molecule has 0 aliphatic heterocycles. The van der Waals surface area contributed by atoms with Gasteiger partial charge in [0.1, 0.15) is 0 Å². The molecule has 0 unspecified atom stereocenters. The topological polar surface area (TPSA) is 12.0 Å². The molecule has 1 N–H and O–H groups in total. The lowest BCUT2D eigenvalue weighted by Crippen LogP contribution is -2.13. The van der Waals surface area contributed by atoms with Gasteiger partial charge in [-0.1, -0.05) is 45.0 Å². The summed E-state index contributed by atoms with van der Waals surface area (Å²) in [6, 6.07) is 11.0. The zero-order chi connectivity index (χ0) is 13.9. The van der Waals surface area contributed by atoms with Crippen LogP contribution in [0.25, 0.3) is 0 Å². The zero-order valence-corrected chi connectivity index (χ0v) is 14.1. The molecule has 0 aliphatic rings. The van der Waals surface area contributed by atoms with Crippen molar-refractivity contribution in [3.05, 3.63) is 56.2 Å². The molecule has 19 heavy (non-hydrogen) atoms. The molecule has 2 aromatic rings. The van der Waals surface area contributed by atoms with Crippen LogP contribution in [0, 0.1) is 0 Å². The molecular formula is C16H20BrNS. The van der Waals surface area contributed by atoms with E-state index in [1.807, 2.05) is 0 Å². The van der Waals surface area contributed by atoms with Gasteiger partial charge in [-0.25, -0.2) is 0 Å². The van der Waals surface area contributed by atoms with Gasteiger partial charge in [0.15, 0.2) is 0 Å². The Bertz CT molecular complexity index is 522. The Hall–Kier alpha value is -0.640. The summed E-state index contributed by atoms with van der Waals surface area (Å²) in [6.07, 6.45) is 0. The molecule has 0 radical (unpaired) electrons. The second kappa shape index (κ2) is 6.21. The van der Waals surface area contributed by atoms with Crippen molar-refractivity contribution < 1.29 is 0 Å². The quantitative estimate of drug-likeness (QED) is 0.818. The first-order valence-corrected chi connectivity index (χ1v) is 8.16. The smallest absolute Gasteiger partial charge is 0.0327 e. The fourth-order valence-electron chi connectivity index (χ4n) is 1.89. The highest BCUT2D eigenvalue weighted by Crippen LogP contribution is 2.23. The van der Waals surface area contributed by atoms with Crippen LogP contribution in [-0.4, -0.2) is 0 Å². The first kappa shape index (κ1) is 14.8. The van der Waals surface area contributed by atoms with Gasteiger partial charge in [0.2, 0.25) is 0 Å². The Morgan fingerprint density at radius 3 is 2.26 bits per heavy atom. The van der Waals surface area contributed by atoms with E-state index in [0.717, 1.165) is 13.1 Å². The summed E-state index contributed by atoms with van der Waals surface area (Å²) in [5, 5.41) is 5.59. The van der Waals surface area contributed by atoms with Gasteiger partial charge in [0.05, 0.1) is 0 Å². The summed E-state index contributed by atoms with van der Waals surface area (Å²) in [7, 11) is 0. The Morgan fingerprint density at radius 1 is 1.05 bits per heavy atom. The Kier molecular flexibility index (Phi) is 4.82. The van der Waals surface area contributed by atoms with Crippen molar-refractivity contribution in [3.8, 4) is 0 Å². The molecule has 0 saturated carbocycles. The van der Waals surface area contributed by atoms with Crippen LogP contribution in [0.2, 0.25) is 0 Å². The third kappa shape index (κ3) is 4.16. The van der Waals surface area contributed by atoms with Crippen molar-refractivity contribution in [2.24, 2.45) is 0 Å². The fourth-order valence-corrected chi connectivity index (χ4v) is 3.36. The monoisotopic (exact) mass is 337 g/mol. The minimum atomic E-state index is 0.230. The van der Waals surface area contributed by atoms with Crippen molar-refractivity contribution in [2.45, 2.75) is 39.3 Å². The van der Waals surface area contributed by atoms with Gasteiger partial charge < -0.3 is 5.32 Å². The summed E-state index contributed by atoms with van der Waals surface area (Å²) >= 11 is 5.34. The standard InChI is InChI=1S/C16H20BrNS/c1-16(2,3)13-6-4-12(5-7-13)10-18-11-15-14(17)8-9-19-15/h4-9,18H,10-11H2,1-3H3. The highest BCUT2D eigenvalue weighted by Gasteiger charge is 2.12. The van der Waals surface area contributed by atoms with E-state index >= 15 is 0 Å². The van der Waals surface area contributed by atoms with E-state index in [4.69, 9.17) is 0 Å². The number of thiophene rings is 1. The second-order valence-corrected chi connectivity index (χ2v) is 7.60. The van der Waals surface area contributed by atoms with E-state index < -0.39 is 0 Å². The number of halogens is 1. The maximum absolute atomic E-state index is 3.55. The number of nitrogens with one attached hydrogen (secondary N) is 1. The van der Waals surface area contributed by atoms with Crippen LogP contribution in [0.15, 0.2) is 40.2 Å². The van der Waals surface area contributed by atoms with Gasteiger partial charge in [-0.15, -0.1) is 11.3 Å². The van der Waals surface area contributed by atoms with Crippen LogP contribution >= 0.6 is 27.3 Å². The van der Waals surface area contributed by atoms with Gasteiger partial charge in [-0.3, -0.25) is 0 Å². The molecule has 0 atom stereocenters. The predicted octanol–water partition coefficient (Wildman–Crippen LogP) is 5.10. The van der Waals surface area contributed by atoms with E-state index in [9.17, 15) is 0 Å². The van der Waals surface area contributed by atoms with E-state index in [2.05, 4.69) is 77.7 Å². The average Bonchev–Trinajstić information content (AvgIpc) is 2.75. The van der Waals surface area contributed by atoms with Crippen LogP contribution in [0.1, 0.15) is 36.8 Å². The van der Waals surface area contributed by atoms with Crippen LogP contribution in [0.5, 0.6) is 0 Å². The van der Waals surface area contributed by atoms with Crippen molar-refractivity contribution in [1.82, 2.24) is 5.32 Å². The lowest BCUT2D eigenvalue weighted by Gasteiger charge is -2.19. The van der Waals surface area contributed by atoms with Crippen molar-refractivity contribution >= 4 is 27.3 Å². The SMILES string of the molecule is CC(C)(C)c1ccc(CNCc2sccc2Br)cc1. The second-order valence-electron chi connectivity index (χ2n) is 5.74. The summed E-state index contributed by atoms with van der Waals surface area (Å²) in [5.41, 5.74) is 2.95. The van der Waals surface area contributed by atoms with Crippen LogP contribution < -0.4 is 5.32 Å². The molecule has 1 aromatic carbocycles. The molecule has 0 saturated heterocycles. The highest BCUT2D eigenvalue weighted by atomic mass is 79.9. The molecule has 102 valence electrons. The molecule has 0 amide bonds. The fraction of sp³-hybridized carbons (Fsp3) is 0.375. The van der Waals surface area contributed by atoms with E-state index in [1.165, 1.54) is 20.5 Å². The van der Waals surface area contributed by atoms with Crippen LogP contribution in [0.4, 0.5) is 0 Å². The maximum Gasteiger partial charge on any atom is 0.0327 e. The first-order chi connectivity index (χ1) is 8.97. The summed E-state index contributed by atoms with van der Waals surface area (Å²) in [5.74, 6) is 0.